The summed E-state index contributed by atoms with van der Waals surface area (Å²) in [6.45, 7) is 3.56. The van der Waals surface area contributed by atoms with E-state index < -0.39 is 23.7 Å². The lowest BCUT2D eigenvalue weighted by molar-refractivity contribution is -0.219. The number of alkyl halides is 3. The summed E-state index contributed by atoms with van der Waals surface area (Å²) in [6, 6.07) is 9.68. The fraction of sp³-hybridized carbons (Fsp3) is 0.318. The lowest BCUT2D eigenvalue weighted by atomic mass is 9.95. The normalized spacial score (nSPS) is 15.3. The molecule has 1 N–H and O–H groups in total. The quantitative estimate of drug-likeness (QED) is 0.664. The van der Waals surface area contributed by atoms with E-state index >= 15 is 0 Å². The second kappa shape index (κ2) is 7.19. The van der Waals surface area contributed by atoms with Crippen molar-refractivity contribution in [2.75, 3.05) is 0 Å². The van der Waals surface area contributed by atoms with Crippen LogP contribution in [0.4, 0.5) is 13.2 Å². The van der Waals surface area contributed by atoms with Crippen LogP contribution in [0.2, 0.25) is 0 Å². The molecule has 9 heteroatoms. The maximum Gasteiger partial charge on any atom is 0.411 e. The third-order valence-electron chi connectivity index (χ3n) is 5.23. The number of rotatable bonds is 4. The van der Waals surface area contributed by atoms with Crippen molar-refractivity contribution in [3.05, 3.63) is 59.5 Å². The average Bonchev–Trinajstić information content (AvgIpc) is 3.24. The van der Waals surface area contributed by atoms with Crippen LogP contribution in [0.5, 0.6) is 0 Å². The van der Waals surface area contributed by atoms with E-state index in [0.717, 1.165) is 13.8 Å². The molecule has 1 aromatic heterocycles. The zero-order valence-electron chi connectivity index (χ0n) is 17.1. The Labute approximate surface area is 176 Å². The third kappa shape index (κ3) is 3.81. The fourth-order valence-corrected chi connectivity index (χ4v) is 4.00. The number of carbonyl (C=O) groups is 1. The Morgan fingerprint density at radius 3 is 2.26 bits per heavy atom. The van der Waals surface area contributed by atoms with Gasteiger partial charge in [0, 0.05) is 19.0 Å². The topological polar surface area (TPSA) is 79.5 Å². The Morgan fingerprint density at radius 2 is 1.71 bits per heavy atom. The predicted octanol–water partition coefficient (Wildman–Crippen LogP) is 4.37. The number of fused-ring (bicyclic) bond motifs is 1. The average molecular weight is 431 g/mol. The zero-order chi connectivity index (χ0) is 22.6. The molecule has 0 aliphatic carbocycles. The smallest absolute Gasteiger partial charge is 0.411 e. The Balaban J connectivity index is 1.71. The number of aliphatic hydroxyl groups is 1. The molecule has 0 saturated carbocycles. The summed E-state index contributed by atoms with van der Waals surface area (Å²) >= 11 is 0. The molecule has 0 unspecified atom stereocenters. The van der Waals surface area contributed by atoms with Crippen LogP contribution in [0, 0.1) is 6.92 Å². The maximum absolute atomic E-state index is 13.7. The Kier molecular flexibility index (Phi) is 4.88. The minimum Gasteiger partial charge on any atom is -0.421 e. The van der Waals surface area contributed by atoms with Crippen molar-refractivity contribution in [3.63, 3.8) is 0 Å². The van der Waals surface area contributed by atoms with E-state index in [1.165, 1.54) is 0 Å². The number of aromatic nitrogens is 2. The van der Waals surface area contributed by atoms with Gasteiger partial charge in [0.05, 0.1) is 11.2 Å². The number of hydrogen-bond acceptors (Lipinski definition) is 5. The second-order valence-electron chi connectivity index (χ2n) is 8.07. The van der Waals surface area contributed by atoms with Crippen molar-refractivity contribution in [1.29, 1.82) is 0 Å². The Bertz CT molecular complexity index is 1120. The van der Waals surface area contributed by atoms with Gasteiger partial charge in [-0.1, -0.05) is 30.3 Å². The minimum absolute atomic E-state index is 0.211. The molecule has 2 heterocycles. The molecule has 6 nitrogen and oxygen atoms in total. The molecular weight excluding hydrogens is 411 g/mol. The SMILES string of the molecule is Cc1nnc(-c2ccc(-c3cccc4c3C(=O)N([C@@H](C(C)(C)O)C(F)(F)F)C4)cc2)o1. The number of amides is 1. The van der Waals surface area contributed by atoms with Crippen molar-refractivity contribution >= 4 is 5.91 Å². The minimum atomic E-state index is -4.78. The molecule has 4 rings (SSSR count). The first-order valence-corrected chi connectivity index (χ1v) is 9.59. The van der Waals surface area contributed by atoms with Gasteiger partial charge in [0.25, 0.3) is 5.91 Å². The number of benzene rings is 2. The van der Waals surface area contributed by atoms with Crippen LogP contribution in [0.15, 0.2) is 46.9 Å². The van der Waals surface area contributed by atoms with Gasteiger partial charge in [0.1, 0.15) is 0 Å². The molecule has 0 fully saturated rings. The van der Waals surface area contributed by atoms with Gasteiger partial charge in [-0.05, 0) is 42.7 Å². The highest BCUT2D eigenvalue weighted by Crippen LogP contribution is 2.40. The molecule has 3 aromatic rings. The monoisotopic (exact) mass is 431 g/mol. The van der Waals surface area contributed by atoms with Gasteiger partial charge >= 0.3 is 6.18 Å². The lowest BCUT2D eigenvalue weighted by Gasteiger charge is -2.37. The van der Waals surface area contributed by atoms with E-state index in [2.05, 4.69) is 10.2 Å². The third-order valence-corrected chi connectivity index (χ3v) is 5.23. The van der Waals surface area contributed by atoms with Crippen LogP contribution in [0.3, 0.4) is 0 Å². The van der Waals surface area contributed by atoms with Crippen LogP contribution in [0.1, 0.15) is 35.7 Å². The van der Waals surface area contributed by atoms with Crippen LogP contribution in [-0.4, -0.2) is 43.9 Å². The molecular formula is C22H20F3N3O3. The summed E-state index contributed by atoms with van der Waals surface area (Å²) < 4.78 is 46.6. The maximum atomic E-state index is 13.7. The van der Waals surface area contributed by atoms with E-state index in [0.29, 0.717) is 38.9 Å². The molecule has 2 aromatic carbocycles. The van der Waals surface area contributed by atoms with Gasteiger partial charge in [-0.2, -0.15) is 13.2 Å². The molecule has 0 spiro atoms. The molecule has 1 aliphatic rings. The van der Waals surface area contributed by atoms with Crippen molar-refractivity contribution in [2.24, 2.45) is 0 Å². The van der Waals surface area contributed by atoms with Crippen LogP contribution in [0.25, 0.3) is 22.6 Å². The number of hydrogen-bond donors (Lipinski definition) is 1. The van der Waals surface area contributed by atoms with Crippen LogP contribution in [-0.2, 0) is 6.54 Å². The standard InChI is InChI=1S/C22H20F3N3O3/c1-12-26-27-18(31-12)14-9-7-13(8-10-14)16-6-4-5-15-11-28(19(29)17(15)16)20(21(2,3)30)22(23,24)25/h4-10,20,30H,11H2,1-3H3/t20-/m0/s1. The molecule has 1 aliphatic heterocycles. The molecule has 0 saturated heterocycles. The van der Waals surface area contributed by atoms with Gasteiger partial charge in [0.2, 0.25) is 11.8 Å². The van der Waals surface area contributed by atoms with Gasteiger partial charge in [-0.25, -0.2) is 0 Å². The molecule has 0 bridgehead atoms. The largest absolute Gasteiger partial charge is 0.421 e. The van der Waals surface area contributed by atoms with Gasteiger partial charge in [-0.15, -0.1) is 10.2 Å². The van der Waals surface area contributed by atoms with Crippen LogP contribution < -0.4 is 0 Å². The van der Waals surface area contributed by atoms with Crippen molar-refractivity contribution in [2.45, 2.75) is 45.1 Å². The molecule has 1 atom stereocenters. The van der Waals surface area contributed by atoms with Crippen molar-refractivity contribution < 1.29 is 27.5 Å². The first kappa shape index (κ1) is 21.0. The van der Waals surface area contributed by atoms with Gasteiger partial charge in [0.15, 0.2) is 6.04 Å². The van der Waals surface area contributed by atoms with Crippen molar-refractivity contribution in [3.8, 4) is 22.6 Å². The Morgan fingerprint density at radius 1 is 1.06 bits per heavy atom. The summed E-state index contributed by atoms with van der Waals surface area (Å²) in [5, 5.41) is 17.9. The molecule has 1 amide bonds. The van der Waals surface area contributed by atoms with Crippen LogP contribution >= 0.6 is 0 Å². The predicted molar refractivity (Wildman–Crippen MR) is 106 cm³/mol. The number of aryl methyl sites for hydroxylation is 1. The second-order valence-corrected chi connectivity index (χ2v) is 8.07. The number of nitrogens with zero attached hydrogens (tertiary/aromatic N) is 3. The lowest BCUT2D eigenvalue weighted by Crippen LogP contribution is -2.57. The highest BCUT2D eigenvalue weighted by atomic mass is 19.4. The zero-order valence-corrected chi connectivity index (χ0v) is 17.1. The number of halogens is 3. The molecule has 31 heavy (non-hydrogen) atoms. The summed E-state index contributed by atoms with van der Waals surface area (Å²) in [4.78, 5) is 13.8. The summed E-state index contributed by atoms with van der Waals surface area (Å²) in [5.74, 6) is 0.0195. The molecule has 0 radical (unpaired) electrons. The Hall–Kier alpha value is -3.20. The van der Waals surface area contributed by atoms with E-state index in [4.69, 9.17) is 4.42 Å². The fourth-order valence-electron chi connectivity index (χ4n) is 4.00. The van der Waals surface area contributed by atoms with Gasteiger partial charge in [-0.3, -0.25) is 4.79 Å². The highest BCUT2D eigenvalue weighted by molar-refractivity contribution is 6.04. The van der Waals surface area contributed by atoms with Gasteiger partial charge < -0.3 is 14.4 Å². The highest BCUT2D eigenvalue weighted by Gasteiger charge is 2.55. The summed E-state index contributed by atoms with van der Waals surface area (Å²) in [6.07, 6.45) is -4.78. The first-order valence-electron chi connectivity index (χ1n) is 9.59. The van der Waals surface area contributed by atoms with E-state index in [9.17, 15) is 23.1 Å². The summed E-state index contributed by atoms with van der Waals surface area (Å²) in [5.41, 5.74) is 0.415. The first-order chi connectivity index (χ1) is 14.5. The van der Waals surface area contributed by atoms with E-state index in [1.54, 1.807) is 49.4 Å². The summed E-state index contributed by atoms with van der Waals surface area (Å²) in [7, 11) is 0. The number of carbonyl (C=O) groups excluding carboxylic acids is 1. The molecule has 162 valence electrons. The van der Waals surface area contributed by atoms with E-state index in [-0.39, 0.29) is 12.1 Å². The van der Waals surface area contributed by atoms with Crippen molar-refractivity contribution in [1.82, 2.24) is 15.1 Å². The van der Waals surface area contributed by atoms with E-state index in [1.807, 2.05) is 0 Å².